The van der Waals surface area contributed by atoms with E-state index in [1.165, 1.54) is 0 Å². The summed E-state index contributed by atoms with van der Waals surface area (Å²) in [7, 11) is 4.05. The van der Waals surface area contributed by atoms with Crippen molar-refractivity contribution in [3.63, 3.8) is 0 Å². The van der Waals surface area contributed by atoms with E-state index in [1.807, 2.05) is 62.6 Å². The van der Waals surface area contributed by atoms with Gasteiger partial charge in [-0.25, -0.2) is 0 Å². The Morgan fingerprint density at radius 1 is 1.19 bits per heavy atom. The molecule has 1 saturated heterocycles. The molecule has 5 heteroatoms. The lowest BCUT2D eigenvalue weighted by Gasteiger charge is -2.14. The van der Waals surface area contributed by atoms with Gasteiger partial charge < -0.3 is 19.7 Å². The molecule has 1 heterocycles. The van der Waals surface area contributed by atoms with E-state index in [1.54, 1.807) is 0 Å². The number of nitrogens with one attached hydrogen (secondary N) is 1. The van der Waals surface area contributed by atoms with Crippen molar-refractivity contribution >= 4 is 5.91 Å². The number of rotatable bonds is 8. The topological polar surface area (TPSA) is 50.8 Å². The molecule has 2 aromatic rings. The maximum atomic E-state index is 12.3. The third-order valence-corrected chi connectivity index (χ3v) is 4.66. The summed E-state index contributed by atoms with van der Waals surface area (Å²) >= 11 is 0. The van der Waals surface area contributed by atoms with Crippen LogP contribution in [-0.2, 0) is 4.74 Å². The van der Waals surface area contributed by atoms with E-state index in [-0.39, 0.29) is 12.0 Å². The average Bonchev–Trinajstić information content (AvgIpc) is 3.20. The van der Waals surface area contributed by atoms with Crippen LogP contribution in [0.1, 0.15) is 23.2 Å². The zero-order valence-corrected chi connectivity index (χ0v) is 16.1. The van der Waals surface area contributed by atoms with Crippen LogP contribution in [0.5, 0.6) is 5.75 Å². The van der Waals surface area contributed by atoms with Gasteiger partial charge in [0.15, 0.2) is 0 Å². The van der Waals surface area contributed by atoms with Crippen LogP contribution in [0.2, 0.25) is 0 Å². The summed E-state index contributed by atoms with van der Waals surface area (Å²) in [6.45, 7) is 2.86. The Labute approximate surface area is 161 Å². The summed E-state index contributed by atoms with van der Waals surface area (Å²) in [5, 5.41) is 2.96. The summed E-state index contributed by atoms with van der Waals surface area (Å²) < 4.78 is 11.5. The van der Waals surface area contributed by atoms with Crippen molar-refractivity contribution < 1.29 is 14.3 Å². The van der Waals surface area contributed by atoms with Crippen LogP contribution in [-0.4, -0.2) is 57.3 Å². The van der Waals surface area contributed by atoms with Gasteiger partial charge in [0.25, 0.3) is 5.91 Å². The van der Waals surface area contributed by atoms with Gasteiger partial charge in [-0.2, -0.15) is 0 Å². The second kappa shape index (κ2) is 9.53. The van der Waals surface area contributed by atoms with Gasteiger partial charge in [-0.3, -0.25) is 4.79 Å². The van der Waals surface area contributed by atoms with Gasteiger partial charge in [0.2, 0.25) is 0 Å². The second-order valence-corrected chi connectivity index (χ2v) is 7.07. The molecule has 0 saturated carbocycles. The highest BCUT2D eigenvalue weighted by molar-refractivity contribution is 5.94. The zero-order valence-electron chi connectivity index (χ0n) is 16.1. The molecule has 5 nitrogen and oxygen atoms in total. The molecule has 0 aromatic heterocycles. The van der Waals surface area contributed by atoms with Gasteiger partial charge in [0.1, 0.15) is 12.4 Å². The molecule has 0 aliphatic carbocycles. The summed E-state index contributed by atoms with van der Waals surface area (Å²) in [5.74, 6) is 0.794. The molecule has 1 aliphatic heterocycles. The van der Waals surface area contributed by atoms with Gasteiger partial charge >= 0.3 is 0 Å². The molecule has 1 unspecified atom stereocenters. The lowest BCUT2D eigenvalue weighted by atomic mass is 10.0. The highest BCUT2D eigenvalue weighted by atomic mass is 16.5. The molecular weight excluding hydrogens is 340 g/mol. The number of ether oxygens (including phenoxy) is 2. The first-order chi connectivity index (χ1) is 13.1. The molecule has 27 heavy (non-hydrogen) atoms. The average molecular weight is 368 g/mol. The van der Waals surface area contributed by atoms with Crippen molar-refractivity contribution in [2.45, 2.75) is 18.9 Å². The molecule has 144 valence electrons. The SMILES string of the molecule is CN(C)CCOc1ccccc1-c1ccc(C(=O)NCC2CCCO2)cc1. The van der Waals surface area contributed by atoms with Crippen molar-refractivity contribution in [3.8, 4) is 16.9 Å². The first-order valence-electron chi connectivity index (χ1n) is 9.50. The van der Waals surface area contributed by atoms with Crippen LogP contribution in [0.15, 0.2) is 48.5 Å². The molecule has 0 spiro atoms. The summed E-state index contributed by atoms with van der Waals surface area (Å²) in [5.41, 5.74) is 2.72. The predicted molar refractivity (Wildman–Crippen MR) is 107 cm³/mol. The first kappa shape index (κ1) is 19.4. The number of benzene rings is 2. The van der Waals surface area contributed by atoms with Crippen molar-refractivity contribution in [3.05, 3.63) is 54.1 Å². The number of likely N-dealkylation sites (N-methyl/N-ethyl adjacent to an activating group) is 1. The normalized spacial score (nSPS) is 16.5. The fourth-order valence-corrected chi connectivity index (χ4v) is 3.08. The number of hydrogen-bond donors (Lipinski definition) is 1. The standard InChI is InChI=1S/C22H28N2O3/c1-24(2)13-15-27-21-8-4-3-7-20(21)17-9-11-18(12-10-17)22(25)23-16-19-6-5-14-26-19/h3-4,7-12,19H,5-6,13-16H2,1-2H3,(H,23,25). The minimum absolute atomic E-state index is 0.0624. The van der Waals surface area contributed by atoms with Crippen LogP contribution in [0.25, 0.3) is 11.1 Å². The number of amides is 1. The number of para-hydroxylation sites is 1. The van der Waals surface area contributed by atoms with E-state index in [0.717, 1.165) is 42.9 Å². The molecule has 3 rings (SSSR count). The summed E-state index contributed by atoms with van der Waals surface area (Å²) in [4.78, 5) is 14.4. The summed E-state index contributed by atoms with van der Waals surface area (Å²) in [6.07, 6.45) is 2.24. The van der Waals surface area contributed by atoms with Crippen LogP contribution < -0.4 is 10.1 Å². The minimum Gasteiger partial charge on any atom is -0.492 e. The Hall–Kier alpha value is -2.37. The van der Waals surface area contributed by atoms with E-state index in [2.05, 4.69) is 10.2 Å². The molecule has 1 atom stereocenters. The van der Waals surface area contributed by atoms with Crippen molar-refractivity contribution in [2.75, 3.05) is 40.4 Å². The van der Waals surface area contributed by atoms with E-state index in [9.17, 15) is 4.79 Å². The molecule has 1 fully saturated rings. The predicted octanol–water partition coefficient (Wildman–Crippen LogP) is 3.20. The van der Waals surface area contributed by atoms with E-state index >= 15 is 0 Å². The van der Waals surface area contributed by atoms with Crippen LogP contribution in [0.3, 0.4) is 0 Å². The second-order valence-electron chi connectivity index (χ2n) is 7.07. The lowest BCUT2D eigenvalue weighted by Crippen LogP contribution is -2.31. The Bertz CT molecular complexity index is 737. The van der Waals surface area contributed by atoms with Gasteiger partial charge in [-0.15, -0.1) is 0 Å². The molecule has 1 amide bonds. The van der Waals surface area contributed by atoms with E-state index < -0.39 is 0 Å². The van der Waals surface area contributed by atoms with Crippen molar-refractivity contribution in [2.24, 2.45) is 0 Å². The lowest BCUT2D eigenvalue weighted by molar-refractivity contribution is 0.0858. The Morgan fingerprint density at radius 2 is 1.96 bits per heavy atom. The van der Waals surface area contributed by atoms with Gasteiger partial charge in [0, 0.05) is 30.8 Å². The van der Waals surface area contributed by atoms with Crippen LogP contribution in [0, 0.1) is 0 Å². The third-order valence-electron chi connectivity index (χ3n) is 4.66. The zero-order chi connectivity index (χ0) is 19.1. The maximum Gasteiger partial charge on any atom is 0.251 e. The molecule has 1 aliphatic rings. The molecule has 1 N–H and O–H groups in total. The smallest absolute Gasteiger partial charge is 0.251 e. The minimum atomic E-state index is -0.0624. The highest BCUT2D eigenvalue weighted by Gasteiger charge is 2.16. The van der Waals surface area contributed by atoms with Gasteiger partial charge in [0.05, 0.1) is 6.10 Å². The molecular formula is C22H28N2O3. The fourth-order valence-electron chi connectivity index (χ4n) is 3.08. The van der Waals surface area contributed by atoms with E-state index in [4.69, 9.17) is 9.47 Å². The van der Waals surface area contributed by atoms with E-state index in [0.29, 0.717) is 18.7 Å². The van der Waals surface area contributed by atoms with Gasteiger partial charge in [-0.1, -0.05) is 30.3 Å². The van der Waals surface area contributed by atoms with Crippen LogP contribution in [0.4, 0.5) is 0 Å². The number of carbonyl (C=O) groups is 1. The first-order valence-corrected chi connectivity index (χ1v) is 9.50. The number of nitrogens with zero attached hydrogens (tertiary/aromatic N) is 1. The third kappa shape index (κ3) is 5.55. The fraction of sp³-hybridized carbons (Fsp3) is 0.409. The molecule has 0 radical (unpaired) electrons. The monoisotopic (exact) mass is 368 g/mol. The highest BCUT2D eigenvalue weighted by Crippen LogP contribution is 2.30. The van der Waals surface area contributed by atoms with Crippen molar-refractivity contribution in [1.29, 1.82) is 0 Å². The maximum absolute atomic E-state index is 12.3. The largest absolute Gasteiger partial charge is 0.492 e. The Balaban J connectivity index is 1.63. The summed E-state index contributed by atoms with van der Waals surface area (Å²) in [6, 6.07) is 15.6. The molecule has 0 bridgehead atoms. The Kier molecular flexibility index (Phi) is 6.85. The van der Waals surface area contributed by atoms with Crippen LogP contribution >= 0.6 is 0 Å². The van der Waals surface area contributed by atoms with Crippen molar-refractivity contribution in [1.82, 2.24) is 10.2 Å². The number of hydrogen-bond acceptors (Lipinski definition) is 4. The quantitative estimate of drug-likeness (QED) is 0.777. The Morgan fingerprint density at radius 3 is 2.67 bits per heavy atom. The molecule has 2 aromatic carbocycles. The number of carbonyl (C=O) groups excluding carboxylic acids is 1. The van der Waals surface area contributed by atoms with Gasteiger partial charge in [-0.05, 0) is 50.7 Å².